The molecule has 0 saturated carbocycles. The Kier molecular flexibility index (Phi) is 4.66. The summed E-state index contributed by atoms with van der Waals surface area (Å²) in [7, 11) is 0. The molecule has 100 valence electrons. The van der Waals surface area contributed by atoms with E-state index in [1.165, 1.54) is 12.1 Å². The van der Waals surface area contributed by atoms with E-state index in [0.717, 1.165) is 38.7 Å². The molecule has 4 heteroatoms. The second-order valence-electron chi connectivity index (χ2n) is 4.90. The van der Waals surface area contributed by atoms with Crippen LogP contribution in [0.25, 0.3) is 0 Å². The lowest BCUT2D eigenvalue weighted by atomic mass is 10.0. The van der Waals surface area contributed by atoms with Gasteiger partial charge in [0.1, 0.15) is 11.6 Å². The van der Waals surface area contributed by atoms with E-state index in [1.807, 2.05) is 6.92 Å². The molecule has 0 spiro atoms. The Hall–Kier alpha value is -1.00. The number of rotatable bonds is 5. The molecule has 1 N–H and O–H groups in total. The molecule has 1 saturated heterocycles. The summed E-state index contributed by atoms with van der Waals surface area (Å²) in [4.78, 5) is 0. The summed E-state index contributed by atoms with van der Waals surface area (Å²) in [5, 5.41) is 3.29. The summed E-state index contributed by atoms with van der Waals surface area (Å²) in [5.74, 6) is -0.431. The van der Waals surface area contributed by atoms with Crippen molar-refractivity contribution in [3.63, 3.8) is 0 Å². The number of halogens is 2. The maximum absolute atomic E-state index is 13.1. The number of hydrogen-bond acceptors (Lipinski definition) is 2. The van der Waals surface area contributed by atoms with Crippen LogP contribution in [0.2, 0.25) is 0 Å². The van der Waals surface area contributed by atoms with Gasteiger partial charge in [-0.2, -0.15) is 0 Å². The van der Waals surface area contributed by atoms with Gasteiger partial charge in [-0.25, -0.2) is 8.78 Å². The van der Waals surface area contributed by atoms with E-state index in [-0.39, 0.29) is 6.04 Å². The van der Waals surface area contributed by atoms with Crippen LogP contribution in [0.15, 0.2) is 18.2 Å². The molecule has 1 aliphatic heterocycles. The minimum Gasteiger partial charge on any atom is -0.381 e. The molecule has 2 nitrogen and oxygen atoms in total. The van der Waals surface area contributed by atoms with E-state index in [2.05, 4.69) is 5.32 Å². The van der Waals surface area contributed by atoms with Gasteiger partial charge < -0.3 is 10.1 Å². The topological polar surface area (TPSA) is 21.3 Å². The van der Waals surface area contributed by atoms with Gasteiger partial charge in [0.05, 0.1) is 0 Å². The van der Waals surface area contributed by atoms with E-state index >= 15 is 0 Å². The highest BCUT2D eigenvalue weighted by Crippen LogP contribution is 2.18. The summed E-state index contributed by atoms with van der Waals surface area (Å²) in [6, 6.07) is 3.60. The van der Waals surface area contributed by atoms with Crippen LogP contribution < -0.4 is 5.32 Å². The van der Waals surface area contributed by atoms with Crippen molar-refractivity contribution in [2.75, 3.05) is 19.8 Å². The van der Waals surface area contributed by atoms with Gasteiger partial charge in [-0.1, -0.05) is 0 Å². The normalized spacial score (nSPS) is 21.2. The zero-order chi connectivity index (χ0) is 13.0. The SMILES string of the molecule is CC(NCCC1CCOC1)c1cc(F)cc(F)c1. The van der Waals surface area contributed by atoms with Gasteiger partial charge >= 0.3 is 0 Å². The molecule has 1 fully saturated rings. The summed E-state index contributed by atoms with van der Waals surface area (Å²) in [6.07, 6.45) is 2.16. The quantitative estimate of drug-likeness (QED) is 0.873. The number of hydrogen-bond donors (Lipinski definition) is 1. The fourth-order valence-electron chi connectivity index (χ4n) is 2.26. The van der Waals surface area contributed by atoms with Crippen LogP contribution in [-0.4, -0.2) is 19.8 Å². The highest BCUT2D eigenvalue weighted by molar-refractivity contribution is 5.20. The number of nitrogens with one attached hydrogen (secondary N) is 1. The van der Waals surface area contributed by atoms with Crippen molar-refractivity contribution < 1.29 is 13.5 Å². The molecule has 0 amide bonds. The van der Waals surface area contributed by atoms with Crippen LogP contribution in [0, 0.1) is 17.6 Å². The molecule has 1 aromatic rings. The Balaban J connectivity index is 1.81. The third kappa shape index (κ3) is 3.75. The van der Waals surface area contributed by atoms with E-state index in [1.54, 1.807) is 0 Å². The van der Waals surface area contributed by atoms with E-state index < -0.39 is 11.6 Å². The highest BCUT2D eigenvalue weighted by Gasteiger charge is 2.15. The Morgan fingerprint density at radius 3 is 2.67 bits per heavy atom. The third-order valence-corrected chi connectivity index (χ3v) is 3.41. The van der Waals surface area contributed by atoms with Crippen LogP contribution in [-0.2, 0) is 4.74 Å². The Labute approximate surface area is 106 Å². The molecule has 2 unspecified atom stereocenters. The molecular formula is C14H19F2NO. The van der Waals surface area contributed by atoms with Gasteiger partial charge in [0.25, 0.3) is 0 Å². The molecule has 18 heavy (non-hydrogen) atoms. The van der Waals surface area contributed by atoms with Gasteiger partial charge in [-0.3, -0.25) is 0 Å². The fraction of sp³-hybridized carbons (Fsp3) is 0.571. The first kappa shape index (κ1) is 13.4. The zero-order valence-corrected chi connectivity index (χ0v) is 10.6. The summed E-state index contributed by atoms with van der Waals surface area (Å²) in [6.45, 7) is 4.45. The Bertz CT molecular complexity index is 371. The molecule has 1 aromatic carbocycles. The smallest absolute Gasteiger partial charge is 0.126 e. The van der Waals surface area contributed by atoms with Gasteiger partial charge in [0.15, 0.2) is 0 Å². The molecule has 1 aliphatic rings. The second-order valence-corrected chi connectivity index (χ2v) is 4.90. The molecule has 0 aliphatic carbocycles. The summed E-state index contributed by atoms with van der Waals surface area (Å²) >= 11 is 0. The van der Waals surface area contributed by atoms with Crippen molar-refractivity contribution >= 4 is 0 Å². The highest BCUT2D eigenvalue weighted by atomic mass is 19.1. The summed E-state index contributed by atoms with van der Waals surface area (Å²) in [5.41, 5.74) is 0.648. The van der Waals surface area contributed by atoms with Crippen LogP contribution in [0.4, 0.5) is 8.78 Å². The average Bonchev–Trinajstić information content (AvgIpc) is 2.80. The maximum Gasteiger partial charge on any atom is 0.126 e. The van der Waals surface area contributed by atoms with Crippen LogP contribution in [0.3, 0.4) is 0 Å². The maximum atomic E-state index is 13.1. The van der Waals surface area contributed by atoms with Crippen LogP contribution in [0.1, 0.15) is 31.4 Å². The first-order valence-corrected chi connectivity index (χ1v) is 6.42. The third-order valence-electron chi connectivity index (χ3n) is 3.41. The lowest BCUT2D eigenvalue weighted by Crippen LogP contribution is -2.22. The molecule has 0 radical (unpaired) electrons. The number of benzene rings is 1. The molecule has 0 bridgehead atoms. The largest absolute Gasteiger partial charge is 0.381 e. The van der Waals surface area contributed by atoms with Crippen molar-refractivity contribution in [3.8, 4) is 0 Å². The van der Waals surface area contributed by atoms with Gasteiger partial charge in [-0.15, -0.1) is 0 Å². The number of ether oxygens (including phenoxy) is 1. The molecule has 0 aromatic heterocycles. The molecular weight excluding hydrogens is 236 g/mol. The van der Waals surface area contributed by atoms with Crippen molar-refractivity contribution in [2.24, 2.45) is 5.92 Å². The zero-order valence-electron chi connectivity index (χ0n) is 10.6. The van der Waals surface area contributed by atoms with Crippen molar-refractivity contribution in [1.29, 1.82) is 0 Å². The predicted octanol–water partition coefficient (Wildman–Crippen LogP) is 3.04. The van der Waals surface area contributed by atoms with Crippen molar-refractivity contribution in [3.05, 3.63) is 35.4 Å². The second kappa shape index (κ2) is 6.25. The van der Waals surface area contributed by atoms with E-state index in [4.69, 9.17) is 4.74 Å². The molecule has 2 rings (SSSR count). The summed E-state index contributed by atoms with van der Waals surface area (Å²) < 4.78 is 31.4. The van der Waals surface area contributed by atoms with Crippen molar-refractivity contribution in [1.82, 2.24) is 5.32 Å². The van der Waals surface area contributed by atoms with Crippen molar-refractivity contribution in [2.45, 2.75) is 25.8 Å². The minimum absolute atomic E-state index is 0.0440. The lowest BCUT2D eigenvalue weighted by molar-refractivity contribution is 0.184. The minimum atomic E-state index is -0.525. The lowest BCUT2D eigenvalue weighted by Gasteiger charge is -2.16. The standard InChI is InChI=1S/C14H19F2NO/c1-10(12-6-13(15)8-14(16)7-12)17-4-2-11-3-5-18-9-11/h6-8,10-11,17H,2-5,9H2,1H3. The fourth-order valence-corrected chi connectivity index (χ4v) is 2.26. The molecule has 2 atom stereocenters. The average molecular weight is 255 g/mol. The van der Waals surface area contributed by atoms with E-state index in [0.29, 0.717) is 11.5 Å². The first-order valence-electron chi connectivity index (χ1n) is 6.42. The van der Waals surface area contributed by atoms with Gasteiger partial charge in [0.2, 0.25) is 0 Å². The Morgan fingerprint density at radius 1 is 1.33 bits per heavy atom. The van der Waals surface area contributed by atoms with E-state index in [9.17, 15) is 8.78 Å². The van der Waals surface area contributed by atoms with Crippen LogP contribution >= 0.6 is 0 Å². The van der Waals surface area contributed by atoms with Crippen LogP contribution in [0.5, 0.6) is 0 Å². The monoisotopic (exact) mass is 255 g/mol. The first-order chi connectivity index (χ1) is 8.65. The van der Waals surface area contributed by atoms with Gasteiger partial charge in [-0.05, 0) is 49.9 Å². The Morgan fingerprint density at radius 2 is 2.06 bits per heavy atom. The predicted molar refractivity (Wildman–Crippen MR) is 66.3 cm³/mol. The molecule has 1 heterocycles. The van der Waals surface area contributed by atoms with Gasteiger partial charge in [0, 0.05) is 25.3 Å².